The van der Waals surface area contributed by atoms with Crippen LogP contribution in [0.3, 0.4) is 0 Å². The molecule has 1 aromatic carbocycles. The third-order valence-electron chi connectivity index (χ3n) is 3.29. The van der Waals surface area contributed by atoms with Gasteiger partial charge in [0.15, 0.2) is 0 Å². The second kappa shape index (κ2) is 6.56. The van der Waals surface area contributed by atoms with Gasteiger partial charge < -0.3 is 9.88 Å². The van der Waals surface area contributed by atoms with E-state index in [4.69, 9.17) is 0 Å². The van der Waals surface area contributed by atoms with Gasteiger partial charge in [-0.2, -0.15) is 0 Å². The molecule has 2 rings (SSSR count). The van der Waals surface area contributed by atoms with Crippen molar-refractivity contribution in [3.8, 4) is 0 Å². The summed E-state index contributed by atoms with van der Waals surface area (Å²) in [7, 11) is 0. The van der Waals surface area contributed by atoms with Crippen molar-refractivity contribution in [2.45, 2.75) is 39.4 Å². The highest BCUT2D eigenvalue weighted by atomic mass is 19.1. The lowest BCUT2D eigenvalue weighted by molar-refractivity contribution is 0.469. The van der Waals surface area contributed by atoms with Crippen LogP contribution in [0.4, 0.5) is 8.78 Å². The summed E-state index contributed by atoms with van der Waals surface area (Å²) in [6, 6.07) is 3.49. The normalized spacial score (nSPS) is 12.6. The Morgan fingerprint density at radius 1 is 1.30 bits per heavy atom. The summed E-state index contributed by atoms with van der Waals surface area (Å²) in [4.78, 5) is 0. The number of hydrogen-bond donors (Lipinski definition) is 1. The molecule has 6 heteroatoms. The summed E-state index contributed by atoms with van der Waals surface area (Å²) >= 11 is 0. The van der Waals surface area contributed by atoms with Crippen LogP contribution in [0.25, 0.3) is 0 Å². The van der Waals surface area contributed by atoms with Crippen LogP contribution in [0.2, 0.25) is 0 Å². The number of hydrogen-bond acceptors (Lipinski definition) is 3. The minimum Gasteiger partial charge on any atom is -0.317 e. The fourth-order valence-corrected chi connectivity index (χ4v) is 2.15. The summed E-state index contributed by atoms with van der Waals surface area (Å²) in [5.74, 6) is -0.290. The molecule has 1 heterocycles. The van der Waals surface area contributed by atoms with E-state index in [2.05, 4.69) is 15.5 Å². The third kappa shape index (κ3) is 3.19. The summed E-state index contributed by atoms with van der Waals surface area (Å²) in [5.41, 5.74) is 0.469. The van der Waals surface area contributed by atoms with E-state index < -0.39 is 11.6 Å². The second-order valence-electron chi connectivity index (χ2n) is 4.54. The summed E-state index contributed by atoms with van der Waals surface area (Å²) < 4.78 is 28.6. The van der Waals surface area contributed by atoms with Gasteiger partial charge in [0.05, 0.1) is 6.54 Å². The van der Waals surface area contributed by atoms with Gasteiger partial charge in [0.1, 0.15) is 23.8 Å². The Balaban J connectivity index is 2.09. The highest BCUT2D eigenvalue weighted by Crippen LogP contribution is 2.21. The van der Waals surface area contributed by atoms with Gasteiger partial charge >= 0.3 is 0 Å². The molecule has 0 saturated carbocycles. The molecule has 0 radical (unpaired) electrons. The molecular weight excluding hydrogens is 262 g/mol. The van der Waals surface area contributed by atoms with E-state index in [-0.39, 0.29) is 6.04 Å². The fourth-order valence-electron chi connectivity index (χ4n) is 2.15. The first kappa shape index (κ1) is 14.6. The Hall–Kier alpha value is -1.82. The van der Waals surface area contributed by atoms with Crippen molar-refractivity contribution in [3.05, 3.63) is 47.5 Å². The predicted octanol–water partition coefficient (Wildman–Crippen LogP) is 2.82. The molecule has 0 bridgehead atoms. The van der Waals surface area contributed by atoms with Gasteiger partial charge in [0.2, 0.25) is 0 Å². The first-order valence-corrected chi connectivity index (χ1v) is 6.70. The van der Waals surface area contributed by atoms with Crippen molar-refractivity contribution >= 4 is 0 Å². The van der Waals surface area contributed by atoms with Crippen LogP contribution >= 0.6 is 0 Å². The summed E-state index contributed by atoms with van der Waals surface area (Å²) in [5, 5.41) is 11.1. The van der Waals surface area contributed by atoms with Crippen molar-refractivity contribution in [2.24, 2.45) is 0 Å². The van der Waals surface area contributed by atoms with E-state index in [0.29, 0.717) is 18.5 Å². The third-order valence-corrected chi connectivity index (χ3v) is 3.29. The minimum absolute atomic E-state index is 0.183. The molecule has 1 aromatic heterocycles. The van der Waals surface area contributed by atoms with E-state index in [1.54, 1.807) is 6.33 Å². The van der Waals surface area contributed by atoms with Crippen LogP contribution in [0.15, 0.2) is 24.5 Å². The molecule has 0 aliphatic heterocycles. The SMILES string of the molecule is CC[C@H](NCc1nncn1CC)c1ccc(F)cc1F. The Morgan fingerprint density at radius 2 is 2.10 bits per heavy atom. The Kier molecular flexibility index (Phi) is 4.79. The zero-order chi connectivity index (χ0) is 14.5. The number of halogens is 2. The number of benzene rings is 1. The molecule has 0 aliphatic carbocycles. The van der Waals surface area contributed by atoms with Crippen LogP contribution in [-0.4, -0.2) is 14.8 Å². The molecule has 108 valence electrons. The standard InChI is InChI=1S/C14H18F2N4/c1-3-13(11-6-5-10(15)7-12(11)16)17-8-14-19-18-9-20(14)4-2/h5-7,9,13,17H,3-4,8H2,1-2H3/t13-/m0/s1. The molecule has 1 N–H and O–H groups in total. The Bertz CT molecular complexity index is 568. The molecule has 4 nitrogen and oxygen atoms in total. The highest BCUT2D eigenvalue weighted by molar-refractivity contribution is 5.22. The summed E-state index contributed by atoms with van der Waals surface area (Å²) in [6.45, 7) is 5.23. The van der Waals surface area contributed by atoms with Gasteiger partial charge in [0, 0.05) is 24.2 Å². The van der Waals surface area contributed by atoms with E-state index >= 15 is 0 Å². The van der Waals surface area contributed by atoms with Crippen molar-refractivity contribution in [2.75, 3.05) is 0 Å². The average Bonchev–Trinajstić information content (AvgIpc) is 2.88. The number of aryl methyl sites for hydroxylation is 1. The Morgan fingerprint density at radius 3 is 2.75 bits per heavy atom. The molecule has 1 atom stereocenters. The lowest BCUT2D eigenvalue weighted by atomic mass is 10.0. The molecule has 0 amide bonds. The van der Waals surface area contributed by atoms with E-state index in [0.717, 1.165) is 18.4 Å². The maximum atomic E-state index is 13.8. The van der Waals surface area contributed by atoms with Crippen LogP contribution in [-0.2, 0) is 13.1 Å². The van der Waals surface area contributed by atoms with Crippen LogP contribution in [0, 0.1) is 11.6 Å². The van der Waals surface area contributed by atoms with Crippen LogP contribution < -0.4 is 5.32 Å². The lowest BCUT2D eigenvalue weighted by Crippen LogP contribution is -2.23. The minimum atomic E-state index is -0.563. The maximum absolute atomic E-state index is 13.8. The monoisotopic (exact) mass is 280 g/mol. The van der Waals surface area contributed by atoms with E-state index in [1.807, 2.05) is 18.4 Å². The molecule has 2 aromatic rings. The number of nitrogens with zero attached hydrogens (tertiary/aromatic N) is 3. The second-order valence-corrected chi connectivity index (χ2v) is 4.54. The van der Waals surface area contributed by atoms with Gasteiger partial charge in [-0.1, -0.05) is 13.0 Å². The molecule has 0 unspecified atom stereocenters. The predicted molar refractivity (Wildman–Crippen MR) is 71.9 cm³/mol. The fraction of sp³-hybridized carbons (Fsp3) is 0.429. The zero-order valence-electron chi connectivity index (χ0n) is 11.6. The van der Waals surface area contributed by atoms with Crippen molar-refractivity contribution in [1.29, 1.82) is 0 Å². The largest absolute Gasteiger partial charge is 0.317 e. The highest BCUT2D eigenvalue weighted by Gasteiger charge is 2.15. The smallest absolute Gasteiger partial charge is 0.146 e. The molecule has 20 heavy (non-hydrogen) atoms. The van der Waals surface area contributed by atoms with Crippen LogP contribution in [0.1, 0.15) is 37.7 Å². The van der Waals surface area contributed by atoms with Crippen molar-refractivity contribution in [3.63, 3.8) is 0 Å². The quantitative estimate of drug-likeness (QED) is 0.884. The van der Waals surface area contributed by atoms with Gasteiger partial charge in [0.25, 0.3) is 0 Å². The molecular formula is C14H18F2N4. The molecule has 0 saturated heterocycles. The van der Waals surface area contributed by atoms with Gasteiger partial charge in [-0.15, -0.1) is 10.2 Å². The average molecular weight is 280 g/mol. The van der Waals surface area contributed by atoms with Crippen molar-refractivity contribution < 1.29 is 8.78 Å². The van der Waals surface area contributed by atoms with Gasteiger partial charge in [-0.3, -0.25) is 0 Å². The van der Waals surface area contributed by atoms with E-state index in [9.17, 15) is 8.78 Å². The first-order chi connectivity index (χ1) is 9.65. The van der Waals surface area contributed by atoms with Gasteiger partial charge in [-0.25, -0.2) is 8.78 Å². The van der Waals surface area contributed by atoms with Crippen LogP contribution in [0.5, 0.6) is 0 Å². The molecule has 0 spiro atoms. The Labute approximate surface area is 116 Å². The molecule has 0 fully saturated rings. The number of rotatable bonds is 6. The molecule has 0 aliphatic rings. The van der Waals surface area contributed by atoms with Gasteiger partial charge in [-0.05, 0) is 19.4 Å². The first-order valence-electron chi connectivity index (χ1n) is 6.70. The topological polar surface area (TPSA) is 42.7 Å². The number of aromatic nitrogens is 3. The lowest BCUT2D eigenvalue weighted by Gasteiger charge is -2.18. The zero-order valence-corrected chi connectivity index (χ0v) is 11.6. The maximum Gasteiger partial charge on any atom is 0.146 e. The summed E-state index contributed by atoms with van der Waals surface area (Å²) in [6.07, 6.45) is 2.36. The van der Waals surface area contributed by atoms with Crippen molar-refractivity contribution in [1.82, 2.24) is 20.1 Å². The number of nitrogens with one attached hydrogen (secondary N) is 1. The van der Waals surface area contributed by atoms with E-state index in [1.165, 1.54) is 12.1 Å².